The lowest BCUT2D eigenvalue weighted by Crippen LogP contribution is -2.64. The molecule has 1 aromatic heterocycles. The molecule has 9 heteroatoms. The van der Waals surface area contributed by atoms with Gasteiger partial charge in [0.2, 0.25) is 0 Å². The number of benzene rings is 2. The van der Waals surface area contributed by atoms with E-state index in [0.717, 1.165) is 60.9 Å². The monoisotopic (exact) mass is 554 g/mol. The molecular formula is C31H35FN6OSi. The van der Waals surface area contributed by atoms with E-state index >= 15 is 0 Å². The molecule has 3 aromatic rings. The van der Waals surface area contributed by atoms with Gasteiger partial charge in [-0.05, 0) is 72.8 Å². The topological polar surface area (TPSA) is 57.9 Å². The number of hydrogen-bond acceptors (Lipinski definition) is 6. The Hall–Kier alpha value is -3.59. The molecular weight excluding hydrogens is 519 g/mol. The van der Waals surface area contributed by atoms with E-state index in [1.165, 1.54) is 28.0 Å². The molecule has 7 nitrogen and oxygen atoms in total. The van der Waals surface area contributed by atoms with Crippen molar-refractivity contribution in [1.29, 1.82) is 0 Å². The Bertz CT molecular complexity index is 1640. The van der Waals surface area contributed by atoms with Crippen LogP contribution < -0.4 is 10.5 Å². The van der Waals surface area contributed by atoms with Crippen molar-refractivity contribution in [3.8, 4) is 5.69 Å². The molecule has 2 fully saturated rings. The summed E-state index contributed by atoms with van der Waals surface area (Å²) < 4.78 is 23.2. The summed E-state index contributed by atoms with van der Waals surface area (Å²) in [7, 11) is 0.414. The van der Waals surface area contributed by atoms with E-state index in [2.05, 4.69) is 57.3 Å². The van der Waals surface area contributed by atoms with Crippen LogP contribution in [-0.2, 0) is 16.7 Å². The maximum absolute atomic E-state index is 14.1. The molecule has 1 saturated carbocycles. The number of halogens is 1. The summed E-state index contributed by atoms with van der Waals surface area (Å²) in [6, 6.07) is 10.9. The minimum atomic E-state index is -1.61. The maximum atomic E-state index is 14.1. The van der Waals surface area contributed by atoms with Crippen molar-refractivity contribution in [3.05, 3.63) is 76.8 Å². The van der Waals surface area contributed by atoms with E-state index in [1.807, 2.05) is 31.4 Å². The number of aryl methyl sites for hydroxylation is 1. The number of hydrogen-bond donors (Lipinski definition) is 1. The lowest BCUT2D eigenvalue weighted by molar-refractivity contribution is -0.000607. The van der Waals surface area contributed by atoms with Crippen LogP contribution in [0.3, 0.4) is 0 Å². The molecule has 8 rings (SSSR count). The first kappa shape index (κ1) is 24.2. The van der Waals surface area contributed by atoms with Crippen LogP contribution in [0.25, 0.3) is 11.8 Å². The van der Waals surface area contributed by atoms with Gasteiger partial charge in [-0.15, -0.1) is 0 Å². The molecule has 1 aliphatic carbocycles. The number of nitrogens with one attached hydrogen (secondary N) is 1. The number of imidazole rings is 1. The second-order valence-electron chi connectivity index (χ2n) is 13.0. The summed E-state index contributed by atoms with van der Waals surface area (Å²) in [6.07, 6.45) is 9.49. The quantitative estimate of drug-likeness (QED) is 0.470. The van der Waals surface area contributed by atoms with Gasteiger partial charge in [-0.2, -0.15) is 5.10 Å². The molecule has 0 radical (unpaired) electrons. The number of amidine groups is 1. The minimum absolute atomic E-state index is 0.179. The molecule has 5 aliphatic rings. The Kier molecular flexibility index (Phi) is 4.84. The van der Waals surface area contributed by atoms with E-state index in [0.29, 0.717) is 6.54 Å². The van der Waals surface area contributed by atoms with Crippen molar-refractivity contribution in [1.82, 2.24) is 19.5 Å². The summed E-state index contributed by atoms with van der Waals surface area (Å²) in [5.74, 6) is 1.52. The molecule has 5 heterocycles. The van der Waals surface area contributed by atoms with E-state index in [4.69, 9.17) is 9.84 Å². The summed E-state index contributed by atoms with van der Waals surface area (Å²) in [6.45, 7) is 9.26. The zero-order chi connectivity index (χ0) is 27.4. The number of morpholine rings is 1. The predicted molar refractivity (Wildman–Crippen MR) is 158 cm³/mol. The van der Waals surface area contributed by atoms with Gasteiger partial charge in [0.25, 0.3) is 0 Å². The van der Waals surface area contributed by atoms with Gasteiger partial charge in [0.05, 0.1) is 33.2 Å². The van der Waals surface area contributed by atoms with E-state index in [1.54, 1.807) is 12.1 Å². The van der Waals surface area contributed by atoms with E-state index in [9.17, 15) is 4.39 Å². The third-order valence-electron chi connectivity index (χ3n) is 9.66. The van der Waals surface area contributed by atoms with E-state index in [-0.39, 0.29) is 17.0 Å². The molecule has 4 aliphatic heterocycles. The number of likely N-dealkylation sites (N-methyl/N-ethyl adjacent to an activating group) is 1. The Morgan fingerprint density at radius 1 is 1.15 bits per heavy atom. The average Bonchev–Trinajstić information content (AvgIpc) is 3.19. The second-order valence-corrected chi connectivity index (χ2v) is 17.8. The Balaban J connectivity index is 1.26. The average molecular weight is 555 g/mol. The molecule has 206 valence electrons. The van der Waals surface area contributed by atoms with Crippen LogP contribution in [0.15, 0.2) is 53.7 Å². The highest BCUT2D eigenvalue weighted by molar-refractivity contribution is 6.91. The summed E-state index contributed by atoms with van der Waals surface area (Å²) in [5.41, 5.74) is 6.49. The lowest BCUT2D eigenvalue weighted by atomic mass is 9.87. The number of fused-ring (bicyclic) bond motifs is 5. The maximum Gasteiger partial charge on any atom is 0.192 e. The lowest BCUT2D eigenvalue weighted by Gasteiger charge is -2.52. The highest BCUT2D eigenvalue weighted by Gasteiger charge is 2.59. The van der Waals surface area contributed by atoms with Crippen molar-refractivity contribution in [2.24, 2.45) is 5.10 Å². The van der Waals surface area contributed by atoms with Gasteiger partial charge >= 0.3 is 0 Å². The van der Waals surface area contributed by atoms with Crippen LogP contribution >= 0.6 is 0 Å². The smallest absolute Gasteiger partial charge is 0.192 e. The van der Waals surface area contributed by atoms with Crippen molar-refractivity contribution in [3.63, 3.8) is 0 Å². The number of anilines is 1. The fourth-order valence-electron chi connectivity index (χ4n) is 7.49. The molecule has 1 N–H and O–H groups in total. The van der Waals surface area contributed by atoms with Gasteiger partial charge in [0.15, 0.2) is 11.6 Å². The number of nitrogens with zero attached hydrogens (tertiary/aromatic N) is 5. The Morgan fingerprint density at radius 3 is 2.77 bits per heavy atom. The summed E-state index contributed by atoms with van der Waals surface area (Å²) >= 11 is 0. The SMILES string of the molecule is Cc1cn(-c2ccc(C=C3OC4(CC4)CN4C3=NN(C)CC43CNc4cc(F)ccc43)c3c2[Si](C)(C)CC3)cn1. The molecule has 2 spiro atoms. The first-order valence-corrected chi connectivity index (χ1v) is 17.6. The number of ether oxygens (including phenoxy) is 1. The number of rotatable bonds is 2. The standard InChI is InChI=1S/C31H35FN6OSi/c1-20-15-37(19-34-20)26-8-5-21(23-9-12-40(3,4)28(23)26)13-27-29-35-36(2)18-31(38(29)17-30(39-27)10-11-30)16-33-25-14-22(32)6-7-24(25)31/h5-8,13-15,19,33H,9-12,16-18H2,1-4H3. The first-order chi connectivity index (χ1) is 19.2. The number of hydrazone groups is 1. The van der Waals surface area contributed by atoms with Crippen molar-refractivity contribution in [2.45, 2.75) is 56.5 Å². The third-order valence-corrected chi connectivity index (χ3v) is 13.1. The van der Waals surface area contributed by atoms with Gasteiger partial charge < -0.3 is 19.5 Å². The van der Waals surface area contributed by atoms with Crippen LogP contribution in [0.1, 0.15) is 35.2 Å². The highest BCUT2D eigenvalue weighted by Crippen LogP contribution is 2.52. The Labute approximate surface area is 235 Å². The molecule has 1 saturated heterocycles. The highest BCUT2D eigenvalue weighted by atomic mass is 28.3. The van der Waals surface area contributed by atoms with Crippen LogP contribution in [0.2, 0.25) is 19.1 Å². The van der Waals surface area contributed by atoms with Crippen LogP contribution in [-0.4, -0.2) is 65.7 Å². The van der Waals surface area contributed by atoms with Gasteiger partial charge in [-0.25, -0.2) is 9.37 Å². The van der Waals surface area contributed by atoms with Crippen molar-refractivity contribution in [2.75, 3.05) is 32.0 Å². The predicted octanol–water partition coefficient (Wildman–Crippen LogP) is 4.58. The van der Waals surface area contributed by atoms with Gasteiger partial charge in [-0.1, -0.05) is 25.2 Å². The van der Waals surface area contributed by atoms with Gasteiger partial charge in [-0.3, -0.25) is 5.01 Å². The molecule has 1 atom stereocenters. The van der Waals surface area contributed by atoms with Crippen LogP contribution in [0.5, 0.6) is 0 Å². The fourth-order valence-corrected chi connectivity index (χ4v) is 10.6. The molecule has 2 aromatic carbocycles. The molecule has 0 bridgehead atoms. The summed E-state index contributed by atoms with van der Waals surface area (Å²) in [5, 5.41) is 12.1. The van der Waals surface area contributed by atoms with Gasteiger partial charge in [0.1, 0.15) is 17.0 Å². The van der Waals surface area contributed by atoms with E-state index < -0.39 is 8.07 Å². The van der Waals surface area contributed by atoms with Crippen molar-refractivity contribution >= 4 is 30.9 Å². The fraction of sp³-hybridized carbons (Fsp3) is 0.419. The molecule has 40 heavy (non-hydrogen) atoms. The van der Waals surface area contributed by atoms with Crippen LogP contribution in [0, 0.1) is 12.7 Å². The largest absolute Gasteiger partial charge is 0.481 e. The summed E-state index contributed by atoms with van der Waals surface area (Å²) in [4.78, 5) is 6.97. The number of aromatic nitrogens is 2. The normalized spacial score (nSPS) is 25.9. The third kappa shape index (κ3) is 3.46. The van der Waals surface area contributed by atoms with Crippen molar-refractivity contribution < 1.29 is 9.13 Å². The van der Waals surface area contributed by atoms with Crippen LogP contribution in [0.4, 0.5) is 10.1 Å². The molecule has 1 unspecified atom stereocenters. The van der Waals surface area contributed by atoms with Gasteiger partial charge in [0, 0.05) is 36.7 Å². The molecule has 0 amide bonds. The minimum Gasteiger partial charge on any atom is -0.481 e. The zero-order valence-corrected chi connectivity index (χ0v) is 24.6. The Morgan fingerprint density at radius 2 is 2.00 bits per heavy atom. The zero-order valence-electron chi connectivity index (χ0n) is 23.6. The second kappa shape index (κ2) is 8.00. The first-order valence-electron chi connectivity index (χ1n) is 14.4.